The Morgan fingerprint density at radius 1 is 0.571 bits per heavy atom. The third-order valence-corrected chi connectivity index (χ3v) is 6.35. The molecule has 0 saturated carbocycles. The van der Waals surface area contributed by atoms with Gasteiger partial charge in [0.1, 0.15) is 22.9 Å². The van der Waals surface area contributed by atoms with E-state index in [0.29, 0.717) is 0 Å². The zero-order valence-electron chi connectivity index (χ0n) is 23.4. The minimum Gasteiger partial charge on any atom is -0.497 e. The lowest BCUT2D eigenvalue weighted by Crippen LogP contribution is -1.96. The monoisotopic (exact) mass is 558 g/mol. The van der Waals surface area contributed by atoms with Gasteiger partial charge in [-0.1, -0.05) is 12.1 Å². The number of fused-ring (bicyclic) bond motifs is 1. The standard InChI is InChI=1S/C32H26N6O2.CH4O/c1-39-25-13-7-21(8-14-25)33-19-23-11-17-29(35-23)31-32(38-28-6-4-3-5-27(28)37-31)30-18-12-24(36-30)20-34-22-9-15-26(40-2)16-10-22;1-2/h3-20,35-36H,1-2H3;2H,1H3. The first-order valence-electron chi connectivity index (χ1n) is 13.1. The summed E-state index contributed by atoms with van der Waals surface area (Å²) in [6.45, 7) is 0. The zero-order valence-corrected chi connectivity index (χ0v) is 23.4. The maximum Gasteiger partial charge on any atom is 0.119 e. The van der Waals surface area contributed by atoms with Crippen LogP contribution in [-0.4, -0.2) is 58.8 Å². The second kappa shape index (κ2) is 13.2. The van der Waals surface area contributed by atoms with Crippen LogP contribution in [0.25, 0.3) is 33.8 Å². The van der Waals surface area contributed by atoms with Gasteiger partial charge in [0, 0.05) is 7.11 Å². The van der Waals surface area contributed by atoms with E-state index in [1.807, 2.05) is 97.1 Å². The Bertz CT molecular complexity index is 1690. The van der Waals surface area contributed by atoms with Crippen LogP contribution in [0.3, 0.4) is 0 Å². The SMILES string of the molecule is CO.COc1ccc(N=Cc2ccc(-c3nc4ccccc4nc3-c3ccc(C=Nc4ccc(OC)cc4)[nH]3)[nH]2)cc1. The molecule has 0 aliphatic rings. The minimum atomic E-state index is 0.739. The number of aliphatic hydroxyl groups excluding tert-OH is 1. The zero-order chi connectivity index (χ0) is 29.3. The van der Waals surface area contributed by atoms with Crippen molar-refractivity contribution in [1.82, 2.24) is 19.9 Å². The molecule has 0 atom stereocenters. The summed E-state index contributed by atoms with van der Waals surface area (Å²) in [4.78, 5) is 26.0. The summed E-state index contributed by atoms with van der Waals surface area (Å²) < 4.78 is 10.4. The van der Waals surface area contributed by atoms with E-state index in [0.717, 1.165) is 75.2 Å². The van der Waals surface area contributed by atoms with Gasteiger partial charge in [-0.15, -0.1) is 0 Å². The van der Waals surface area contributed by atoms with Gasteiger partial charge in [-0.2, -0.15) is 0 Å². The third-order valence-electron chi connectivity index (χ3n) is 6.35. The van der Waals surface area contributed by atoms with E-state index in [4.69, 9.17) is 24.5 Å². The Morgan fingerprint density at radius 2 is 0.976 bits per heavy atom. The van der Waals surface area contributed by atoms with Crippen molar-refractivity contribution in [1.29, 1.82) is 0 Å². The van der Waals surface area contributed by atoms with Gasteiger partial charge in [0.25, 0.3) is 0 Å². The number of para-hydroxylation sites is 2. The van der Waals surface area contributed by atoms with Gasteiger partial charge in [-0.25, -0.2) is 9.97 Å². The van der Waals surface area contributed by atoms with E-state index in [9.17, 15) is 0 Å². The molecule has 0 amide bonds. The number of nitrogens with zero attached hydrogens (tertiary/aromatic N) is 4. The van der Waals surface area contributed by atoms with Crippen LogP contribution in [0.5, 0.6) is 11.5 Å². The van der Waals surface area contributed by atoms with E-state index in [1.165, 1.54) is 0 Å². The van der Waals surface area contributed by atoms with Crippen molar-refractivity contribution in [3.05, 3.63) is 108 Å². The smallest absolute Gasteiger partial charge is 0.119 e. The highest BCUT2D eigenvalue weighted by Crippen LogP contribution is 2.30. The number of ether oxygens (including phenoxy) is 2. The molecule has 3 heterocycles. The summed E-state index contributed by atoms with van der Waals surface area (Å²) in [6.07, 6.45) is 3.59. The van der Waals surface area contributed by atoms with Crippen LogP contribution in [-0.2, 0) is 0 Å². The van der Waals surface area contributed by atoms with Gasteiger partial charge in [0.15, 0.2) is 0 Å². The highest BCUT2D eigenvalue weighted by atomic mass is 16.5. The molecule has 0 radical (unpaired) electrons. The van der Waals surface area contributed by atoms with E-state index in [2.05, 4.69) is 20.0 Å². The number of hydrogen-bond donors (Lipinski definition) is 3. The van der Waals surface area contributed by atoms with Crippen molar-refractivity contribution in [2.75, 3.05) is 21.3 Å². The van der Waals surface area contributed by atoms with Crippen molar-refractivity contribution < 1.29 is 14.6 Å². The Hall–Kier alpha value is -5.54. The average Bonchev–Trinajstić information content (AvgIpc) is 3.74. The van der Waals surface area contributed by atoms with Gasteiger partial charge in [0.05, 0.1) is 71.8 Å². The van der Waals surface area contributed by atoms with E-state index >= 15 is 0 Å². The molecule has 3 aromatic heterocycles. The number of H-pyrrole nitrogens is 2. The van der Waals surface area contributed by atoms with Gasteiger partial charge in [-0.3, -0.25) is 9.98 Å². The summed E-state index contributed by atoms with van der Waals surface area (Å²) in [5.74, 6) is 1.59. The molecule has 0 fully saturated rings. The lowest BCUT2D eigenvalue weighted by Gasteiger charge is -2.08. The number of benzene rings is 3. The highest BCUT2D eigenvalue weighted by Gasteiger charge is 2.16. The fourth-order valence-electron chi connectivity index (χ4n) is 4.25. The first-order valence-corrected chi connectivity index (χ1v) is 13.1. The van der Waals surface area contributed by atoms with Crippen molar-refractivity contribution in [2.45, 2.75) is 0 Å². The molecular formula is C33H30N6O3. The first kappa shape index (κ1) is 28.0. The van der Waals surface area contributed by atoms with Gasteiger partial charge in [-0.05, 0) is 84.9 Å². The normalized spacial score (nSPS) is 11.1. The summed E-state index contributed by atoms with van der Waals surface area (Å²) in [6, 6.07) is 31.0. The number of hydrogen-bond acceptors (Lipinski definition) is 7. The molecule has 0 spiro atoms. The molecule has 0 aliphatic heterocycles. The van der Waals surface area contributed by atoms with Crippen molar-refractivity contribution >= 4 is 34.8 Å². The van der Waals surface area contributed by atoms with Crippen molar-refractivity contribution in [2.24, 2.45) is 9.98 Å². The Balaban J connectivity index is 0.00000173. The molecule has 6 rings (SSSR count). The number of aliphatic hydroxyl groups is 1. The maximum absolute atomic E-state index is 7.00. The largest absolute Gasteiger partial charge is 0.497 e. The lowest BCUT2D eigenvalue weighted by atomic mass is 10.1. The summed E-state index contributed by atoms with van der Waals surface area (Å²) in [5.41, 5.74) is 8.16. The van der Waals surface area contributed by atoms with Crippen LogP contribution in [0, 0.1) is 0 Å². The number of aromatic nitrogens is 4. The molecule has 3 N–H and O–H groups in total. The quantitative estimate of drug-likeness (QED) is 0.179. The topological polar surface area (TPSA) is 121 Å². The summed E-state index contributed by atoms with van der Waals surface area (Å²) in [5, 5.41) is 7.00. The number of methoxy groups -OCH3 is 2. The number of aliphatic imine (C=N–C) groups is 2. The number of nitrogens with one attached hydrogen (secondary N) is 2. The van der Waals surface area contributed by atoms with Crippen molar-refractivity contribution in [3.8, 4) is 34.3 Å². The number of aromatic amines is 2. The van der Waals surface area contributed by atoms with Gasteiger partial charge >= 0.3 is 0 Å². The predicted molar refractivity (Wildman–Crippen MR) is 168 cm³/mol. The summed E-state index contributed by atoms with van der Waals surface area (Å²) >= 11 is 0. The van der Waals surface area contributed by atoms with Crippen LogP contribution in [0.1, 0.15) is 11.4 Å². The fourth-order valence-corrected chi connectivity index (χ4v) is 4.25. The van der Waals surface area contributed by atoms with Crippen LogP contribution >= 0.6 is 0 Å². The second-order valence-corrected chi connectivity index (χ2v) is 8.98. The molecule has 210 valence electrons. The molecule has 0 saturated heterocycles. The minimum absolute atomic E-state index is 0.739. The van der Waals surface area contributed by atoms with Crippen LogP contribution in [0.2, 0.25) is 0 Å². The number of rotatable bonds is 8. The maximum atomic E-state index is 7.00. The van der Waals surface area contributed by atoms with Gasteiger partial charge in [0.2, 0.25) is 0 Å². The lowest BCUT2D eigenvalue weighted by molar-refractivity contribution is 0.399. The molecule has 9 nitrogen and oxygen atoms in total. The molecule has 0 bridgehead atoms. The highest BCUT2D eigenvalue weighted by molar-refractivity contribution is 5.88. The Morgan fingerprint density at radius 3 is 1.36 bits per heavy atom. The van der Waals surface area contributed by atoms with Crippen LogP contribution < -0.4 is 9.47 Å². The second-order valence-electron chi connectivity index (χ2n) is 8.98. The molecule has 0 unspecified atom stereocenters. The Kier molecular flexibility index (Phi) is 8.81. The molecule has 9 heteroatoms. The van der Waals surface area contributed by atoms with Crippen LogP contribution in [0.15, 0.2) is 107 Å². The third kappa shape index (κ3) is 6.43. The predicted octanol–water partition coefficient (Wildman–Crippen LogP) is 6.75. The van der Waals surface area contributed by atoms with Crippen molar-refractivity contribution in [3.63, 3.8) is 0 Å². The summed E-state index contributed by atoms with van der Waals surface area (Å²) in [7, 11) is 4.29. The van der Waals surface area contributed by atoms with Crippen LogP contribution in [0.4, 0.5) is 11.4 Å². The molecule has 6 aromatic rings. The average molecular weight is 559 g/mol. The van der Waals surface area contributed by atoms with E-state index in [1.54, 1.807) is 26.6 Å². The molecule has 42 heavy (non-hydrogen) atoms. The van der Waals surface area contributed by atoms with E-state index < -0.39 is 0 Å². The Labute approximate surface area is 243 Å². The van der Waals surface area contributed by atoms with Gasteiger partial charge < -0.3 is 24.5 Å². The first-order chi connectivity index (χ1) is 20.7. The fraction of sp³-hybridized carbons (Fsp3) is 0.0909. The van der Waals surface area contributed by atoms with E-state index in [-0.39, 0.29) is 0 Å². The molecule has 0 aliphatic carbocycles. The molecule has 3 aromatic carbocycles. The molecular weight excluding hydrogens is 528 g/mol.